The van der Waals surface area contributed by atoms with Crippen LogP contribution in [-0.4, -0.2) is 0 Å². The summed E-state index contributed by atoms with van der Waals surface area (Å²) < 4.78 is 0. The first kappa shape index (κ1) is 38.5. The third-order valence-electron chi connectivity index (χ3n) is 14.8. The van der Waals surface area contributed by atoms with Crippen LogP contribution in [0, 0.1) is 0 Å². The summed E-state index contributed by atoms with van der Waals surface area (Å²) in [7, 11) is 0. The maximum absolute atomic E-state index is 2.55. The molecule has 304 valence electrons. The van der Waals surface area contributed by atoms with Crippen LogP contribution in [0.1, 0.15) is 97.9 Å². The molecular formula is C61H55N. The molecule has 1 nitrogen and oxygen atoms in total. The van der Waals surface area contributed by atoms with E-state index in [0.29, 0.717) is 0 Å². The normalized spacial score (nSPS) is 16.4. The molecule has 8 aromatic carbocycles. The van der Waals surface area contributed by atoms with E-state index in [1.165, 1.54) is 115 Å². The Morgan fingerprint density at radius 2 is 0.952 bits per heavy atom. The molecule has 0 radical (unpaired) electrons. The lowest BCUT2D eigenvalue weighted by molar-refractivity contribution is 0.332. The molecule has 0 saturated heterocycles. The Kier molecular flexibility index (Phi) is 9.24. The van der Waals surface area contributed by atoms with E-state index >= 15 is 0 Å². The third-order valence-corrected chi connectivity index (χ3v) is 14.8. The zero-order valence-corrected chi connectivity index (χ0v) is 36.6. The summed E-state index contributed by atoms with van der Waals surface area (Å²) >= 11 is 0. The van der Waals surface area contributed by atoms with Gasteiger partial charge in [-0.1, -0.05) is 179 Å². The van der Waals surface area contributed by atoms with Gasteiger partial charge in [0.2, 0.25) is 0 Å². The highest BCUT2D eigenvalue weighted by molar-refractivity contribution is 5.97. The van der Waals surface area contributed by atoms with Crippen molar-refractivity contribution in [1.82, 2.24) is 0 Å². The Hall–Kier alpha value is -6.44. The number of para-hydroxylation sites is 1. The van der Waals surface area contributed by atoms with Gasteiger partial charge >= 0.3 is 0 Å². The van der Waals surface area contributed by atoms with Crippen LogP contribution in [0.15, 0.2) is 188 Å². The number of aryl methyl sites for hydroxylation is 2. The lowest BCUT2D eigenvalue weighted by atomic mass is 9.63. The first-order chi connectivity index (χ1) is 30.2. The number of anilines is 3. The smallest absolute Gasteiger partial charge is 0.0714 e. The van der Waals surface area contributed by atoms with Gasteiger partial charge in [0.25, 0.3) is 0 Å². The molecule has 0 fully saturated rings. The second kappa shape index (κ2) is 14.9. The Morgan fingerprint density at radius 1 is 0.371 bits per heavy atom. The van der Waals surface area contributed by atoms with E-state index in [-0.39, 0.29) is 10.8 Å². The van der Waals surface area contributed by atoms with Gasteiger partial charge in [-0.2, -0.15) is 0 Å². The van der Waals surface area contributed by atoms with E-state index in [9.17, 15) is 0 Å². The van der Waals surface area contributed by atoms with Crippen LogP contribution in [-0.2, 0) is 29.1 Å². The van der Waals surface area contributed by atoms with Crippen LogP contribution >= 0.6 is 0 Å². The molecule has 62 heavy (non-hydrogen) atoms. The molecule has 0 bridgehead atoms. The maximum atomic E-state index is 2.55. The van der Waals surface area contributed by atoms with Gasteiger partial charge in [0.05, 0.1) is 11.1 Å². The first-order valence-corrected chi connectivity index (χ1v) is 22.8. The van der Waals surface area contributed by atoms with Crippen molar-refractivity contribution in [2.75, 3.05) is 4.90 Å². The minimum atomic E-state index is -0.515. The van der Waals surface area contributed by atoms with Gasteiger partial charge in [-0.25, -0.2) is 0 Å². The van der Waals surface area contributed by atoms with E-state index in [1.54, 1.807) is 0 Å². The van der Waals surface area contributed by atoms with Gasteiger partial charge in [-0.05, 0) is 158 Å². The molecule has 0 heterocycles. The van der Waals surface area contributed by atoms with Crippen LogP contribution in [0.5, 0.6) is 0 Å². The van der Waals surface area contributed by atoms with Crippen molar-refractivity contribution >= 4 is 17.1 Å². The van der Waals surface area contributed by atoms with Crippen LogP contribution in [0.3, 0.4) is 0 Å². The Morgan fingerprint density at radius 3 is 1.65 bits per heavy atom. The number of hydrogen-bond acceptors (Lipinski definition) is 1. The topological polar surface area (TPSA) is 3.24 Å². The van der Waals surface area contributed by atoms with Crippen molar-refractivity contribution in [3.8, 4) is 33.4 Å². The van der Waals surface area contributed by atoms with Gasteiger partial charge in [0, 0.05) is 16.9 Å². The molecule has 0 atom stereocenters. The van der Waals surface area contributed by atoms with Gasteiger partial charge in [0.15, 0.2) is 0 Å². The summed E-state index contributed by atoms with van der Waals surface area (Å²) in [6.45, 7) is 9.67. The van der Waals surface area contributed by atoms with E-state index in [0.717, 1.165) is 18.5 Å². The highest BCUT2D eigenvalue weighted by Crippen LogP contribution is 2.59. The molecule has 0 aliphatic heterocycles. The van der Waals surface area contributed by atoms with Crippen molar-refractivity contribution in [2.24, 2.45) is 0 Å². The van der Waals surface area contributed by atoms with E-state index < -0.39 is 5.41 Å². The minimum Gasteiger partial charge on any atom is -0.310 e. The van der Waals surface area contributed by atoms with Crippen LogP contribution in [0.25, 0.3) is 33.4 Å². The zero-order valence-electron chi connectivity index (χ0n) is 36.6. The second-order valence-corrected chi connectivity index (χ2v) is 19.4. The Balaban J connectivity index is 1.17. The van der Waals surface area contributed by atoms with Crippen molar-refractivity contribution in [3.05, 3.63) is 233 Å². The highest BCUT2D eigenvalue weighted by atomic mass is 15.1. The molecule has 0 spiro atoms. The lowest BCUT2D eigenvalue weighted by Gasteiger charge is -2.42. The average molecular weight is 802 g/mol. The monoisotopic (exact) mass is 801 g/mol. The SMILES string of the molecule is CC1(C)CCC(C)(C)c2cc(-c3ccc(-c4cc5c(cc4N(c4ccccc4)c4ccc6c(c4)CCCC6)C(c4ccccc4)(c4ccccc4)c4ccccc4-5)cc3)ccc21. The van der Waals surface area contributed by atoms with Gasteiger partial charge in [0.1, 0.15) is 0 Å². The number of hydrogen-bond donors (Lipinski definition) is 0. The Bertz CT molecular complexity index is 2900. The molecule has 0 aromatic heterocycles. The summed E-state index contributed by atoms with van der Waals surface area (Å²) in [5.74, 6) is 0. The molecule has 8 aromatic rings. The summed E-state index contributed by atoms with van der Waals surface area (Å²) in [5.41, 5.74) is 22.1. The van der Waals surface area contributed by atoms with Crippen molar-refractivity contribution in [3.63, 3.8) is 0 Å². The molecular weight excluding hydrogens is 747 g/mol. The fraction of sp³-hybridized carbons (Fsp3) is 0.213. The number of nitrogens with zero attached hydrogens (tertiary/aromatic N) is 1. The summed E-state index contributed by atoms with van der Waals surface area (Å²) in [6.07, 6.45) is 7.22. The third kappa shape index (κ3) is 6.19. The Labute approximate surface area is 368 Å². The molecule has 0 saturated carbocycles. The average Bonchev–Trinajstić information content (AvgIpc) is 3.61. The molecule has 0 N–H and O–H groups in total. The van der Waals surface area contributed by atoms with Gasteiger partial charge < -0.3 is 4.90 Å². The van der Waals surface area contributed by atoms with Crippen molar-refractivity contribution < 1.29 is 0 Å². The predicted molar refractivity (Wildman–Crippen MR) is 261 cm³/mol. The van der Waals surface area contributed by atoms with E-state index in [1.807, 2.05) is 0 Å². The fourth-order valence-corrected chi connectivity index (χ4v) is 11.4. The number of fused-ring (bicyclic) bond motifs is 5. The highest BCUT2D eigenvalue weighted by Gasteiger charge is 2.47. The first-order valence-electron chi connectivity index (χ1n) is 22.8. The summed E-state index contributed by atoms with van der Waals surface area (Å²) in [4.78, 5) is 2.54. The molecule has 0 unspecified atom stereocenters. The summed E-state index contributed by atoms with van der Waals surface area (Å²) in [5, 5.41) is 0. The van der Waals surface area contributed by atoms with Crippen LogP contribution in [0.2, 0.25) is 0 Å². The van der Waals surface area contributed by atoms with Crippen LogP contribution in [0.4, 0.5) is 17.1 Å². The number of rotatable bonds is 7. The second-order valence-electron chi connectivity index (χ2n) is 19.4. The predicted octanol–water partition coefficient (Wildman–Crippen LogP) is 16.1. The van der Waals surface area contributed by atoms with Crippen molar-refractivity contribution in [1.29, 1.82) is 0 Å². The standard InChI is InChI=1S/C61H55N/c1-59(2)36-37-60(3,4)57-39-46(33-35-55(57)59)43-28-30-44(31-29-43)52-40-53-51-26-16-17-27-54(51)61(47-20-8-5-9-21-47,48-22-10-6-11-23-48)56(53)41-58(52)62(49-24-12-7-13-25-49)50-34-32-42-18-14-15-19-45(42)38-50/h5-13,16-17,20-35,38-41H,14-15,18-19,36-37H2,1-4H3. The quantitative estimate of drug-likeness (QED) is 0.155. The molecule has 1 heteroatoms. The van der Waals surface area contributed by atoms with E-state index in [2.05, 4.69) is 221 Å². The maximum Gasteiger partial charge on any atom is 0.0714 e. The molecule has 3 aliphatic rings. The molecule has 0 amide bonds. The van der Waals surface area contributed by atoms with Crippen molar-refractivity contribution in [2.45, 2.75) is 82.5 Å². The zero-order chi connectivity index (χ0) is 42.1. The van der Waals surface area contributed by atoms with Gasteiger partial charge in [-0.15, -0.1) is 0 Å². The van der Waals surface area contributed by atoms with Crippen LogP contribution < -0.4 is 4.90 Å². The summed E-state index contributed by atoms with van der Waals surface area (Å²) in [6, 6.07) is 71.6. The van der Waals surface area contributed by atoms with E-state index in [4.69, 9.17) is 0 Å². The molecule has 11 rings (SSSR count). The van der Waals surface area contributed by atoms with Gasteiger partial charge in [-0.3, -0.25) is 0 Å². The fourth-order valence-electron chi connectivity index (χ4n) is 11.4. The minimum absolute atomic E-state index is 0.155. The largest absolute Gasteiger partial charge is 0.310 e. The number of benzene rings is 8. The molecule has 3 aliphatic carbocycles. The lowest BCUT2D eigenvalue weighted by Crippen LogP contribution is -2.33.